The summed E-state index contributed by atoms with van der Waals surface area (Å²) in [4.78, 5) is 32.7. The van der Waals surface area contributed by atoms with Crippen LogP contribution in [0.25, 0.3) is 6.08 Å². The first-order valence-electron chi connectivity index (χ1n) is 14.2. The number of methoxy groups -OCH3 is 1. The molecule has 0 aliphatic carbocycles. The third kappa shape index (κ3) is 6.44. The Bertz CT molecular complexity index is 1890. The molecule has 0 saturated carbocycles. The van der Waals surface area contributed by atoms with Crippen LogP contribution in [0.5, 0.6) is 17.2 Å². The molecule has 4 aromatic rings. The van der Waals surface area contributed by atoms with E-state index >= 15 is 0 Å². The number of esters is 1. The van der Waals surface area contributed by atoms with Gasteiger partial charge in [-0.15, -0.1) is 0 Å². The number of thiazole rings is 1. The number of nitrogens with zero attached hydrogens (tertiary/aromatic N) is 2. The summed E-state index contributed by atoms with van der Waals surface area (Å²) in [5, 5.41) is 0.639. The van der Waals surface area contributed by atoms with Crippen LogP contribution in [0, 0.1) is 0 Å². The van der Waals surface area contributed by atoms with E-state index in [2.05, 4.69) is 0 Å². The maximum atomic E-state index is 14.2. The van der Waals surface area contributed by atoms with Gasteiger partial charge in [0.2, 0.25) is 0 Å². The predicted molar refractivity (Wildman–Crippen MR) is 171 cm³/mol. The van der Waals surface area contributed by atoms with Crippen LogP contribution in [-0.4, -0.2) is 30.4 Å². The summed E-state index contributed by atoms with van der Waals surface area (Å²) in [5.41, 5.74) is 2.71. The van der Waals surface area contributed by atoms with Crippen LogP contribution in [0.3, 0.4) is 0 Å². The molecule has 3 aromatic carbocycles. The molecule has 0 fully saturated rings. The number of halogens is 1. The van der Waals surface area contributed by atoms with E-state index in [1.165, 1.54) is 11.3 Å². The minimum Gasteiger partial charge on any atom is -0.493 e. The van der Waals surface area contributed by atoms with Crippen LogP contribution in [0.15, 0.2) is 87.8 Å². The molecule has 0 N–H and O–H groups in total. The maximum absolute atomic E-state index is 14.2. The Morgan fingerprint density at radius 1 is 1.07 bits per heavy atom. The van der Waals surface area contributed by atoms with E-state index in [0.717, 1.165) is 5.56 Å². The fourth-order valence-corrected chi connectivity index (χ4v) is 6.16. The fraction of sp³-hybridized carbons (Fsp3) is 0.265. The van der Waals surface area contributed by atoms with Crippen molar-refractivity contribution in [3.05, 3.63) is 119 Å². The summed E-state index contributed by atoms with van der Waals surface area (Å²) in [7, 11) is 1.57. The molecule has 5 rings (SSSR count). The van der Waals surface area contributed by atoms with Gasteiger partial charge in [-0.05, 0) is 63.6 Å². The summed E-state index contributed by atoms with van der Waals surface area (Å²) < 4.78 is 25.4. The first-order chi connectivity index (χ1) is 21.2. The van der Waals surface area contributed by atoms with Gasteiger partial charge in [0.25, 0.3) is 5.56 Å². The molecule has 1 aliphatic heterocycles. The van der Waals surface area contributed by atoms with Crippen molar-refractivity contribution in [1.29, 1.82) is 0 Å². The van der Waals surface area contributed by atoms with E-state index in [0.29, 0.717) is 54.0 Å². The smallest absolute Gasteiger partial charge is 0.338 e. The molecule has 0 amide bonds. The Hall–Kier alpha value is -4.34. The van der Waals surface area contributed by atoms with Crippen LogP contribution >= 0.6 is 22.9 Å². The molecule has 0 unspecified atom stereocenters. The van der Waals surface area contributed by atoms with E-state index < -0.39 is 12.0 Å². The van der Waals surface area contributed by atoms with Crippen LogP contribution in [-0.2, 0) is 16.1 Å². The van der Waals surface area contributed by atoms with E-state index in [9.17, 15) is 9.59 Å². The van der Waals surface area contributed by atoms with Gasteiger partial charge in [0.15, 0.2) is 16.3 Å². The van der Waals surface area contributed by atoms with Gasteiger partial charge in [0.05, 0.1) is 35.6 Å². The highest BCUT2D eigenvalue weighted by Gasteiger charge is 2.35. The van der Waals surface area contributed by atoms with Gasteiger partial charge in [-0.1, -0.05) is 65.4 Å². The summed E-state index contributed by atoms with van der Waals surface area (Å²) in [6, 6.07) is 19.5. The number of aromatic nitrogens is 1. The van der Waals surface area contributed by atoms with Gasteiger partial charge in [0.1, 0.15) is 18.4 Å². The molecular formula is C34H33ClN2O6S. The minimum atomic E-state index is -0.798. The highest BCUT2D eigenvalue weighted by molar-refractivity contribution is 7.07. The molecule has 10 heteroatoms. The van der Waals surface area contributed by atoms with Crippen molar-refractivity contribution in [2.75, 3.05) is 13.7 Å². The topological polar surface area (TPSA) is 88.4 Å². The standard InChI is InChI=1S/C34H33ClN2O6S/c1-6-41-33(39)29-21(4)36-34-37(30(29)25-11-7-8-12-26(25)43-20(2)3)32(38)28(44-34)18-23-10-9-13-27(40-5)31(23)42-19-22-14-16-24(35)17-15-22/h7-18,20,30H,6,19H2,1-5H3/b28-18-/t30-/m1/s1. The van der Waals surface area contributed by atoms with Gasteiger partial charge >= 0.3 is 5.97 Å². The van der Waals surface area contributed by atoms with Gasteiger partial charge in [0, 0.05) is 16.1 Å². The number of rotatable bonds is 10. The zero-order chi connectivity index (χ0) is 31.4. The fourth-order valence-electron chi connectivity index (χ4n) is 4.99. The second-order valence-electron chi connectivity index (χ2n) is 10.3. The number of fused-ring (bicyclic) bond motifs is 1. The second kappa shape index (κ2) is 13.5. The molecule has 2 heterocycles. The van der Waals surface area contributed by atoms with Crippen LogP contribution in [0.1, 0.15) is 50.4 Å². The molecule has 1 atom stereocenters. The van der Waals surface area contributed by atoms with Crippen LogP contribution in [0.4, 0.5) is 0 Å². The first kappa shape index (κ1) is 31.1. The number of hydrogen-bond acceptors (Lipinski definition) is 8. The van der Waals surface area contributed by atoms with Crippen molar-refractivity contribution in [2.45, 2.75) is 46.4 Å². The van der Waals surface area contributed by atoms with Gasteiger partial charge in [-0.3, -0.25) is 9.36 Å². The Morgan fingerprint density at radius 2 is 1.80 bits per heavy atom. The van der Waals surface area contributed by atoms with Crippen molar-refractivity contribution >= 4 is 35.0 Å². The molecule has 0 saturated heterocycles. The van der Waals surface area contributed by atoms with E-state index in [-0.39, 0.29) is 24.9 Å². The first-order valence-corrected chi connectivity index (χ1v) is 15.4. The third-order valence-corrected chi connectivity index (χ3v) is 8.14. The van der Waals surface area contributed by atoms with Crippen LogP contribution < -0.4 is 29.1 Å². The summed E-state index contributed by atoms with van der Waals surface area (Å²) >= 11 is 7.28. The van der Waals surface area contributed by atoms with Gasteiger partial charge in [-0.25, -0.2) is 9.79 Å². The summed E-state index contributed by atoms with van der Waals surface area (Å²) in [6.45, 7) is 7.81. The molecular weight excluding hydrogens is 600 g/mol. The lowest BCUT2D eigenvalue weighted by Gasteiger charge is -2.26. The number of benzene rings is 3. The average molecular weight is 633 g/mol. The van der Waals surface area contributed by atoms with Gasteiger partial charge < -0.3 is 18.9 Å². The Balaban J connectivity index is 1.66. The summed E-state index contributed by atoms with van der Waals surface area (Å²) in [5.74, 6) is 1.06. The third-order valence-electron chi connectivity index (χ3n) is 6.91. The van der Waals surface area contributed by atoms with Crippen molar-refractivity contribution < 1.29 is 23.7 Å². The van der Waals surface area contributed by atoms with Crippen molar-refractivity contribution in [1.82, 2.24) is 4.57 Å². The predicted octanol–water partition coefficient (Wildman–Crippen LogP) is 5.83. The number of ether oxygens (including phenoxy) is 4. The Kier molecular flexibility index (Phi) is 9.56. The largest absolute Gasteiger partial charge is 0.493 e. The Morgan fingerprint density at radius 3 is 2.50 bits per heavy atom. The summed E-state index contributed by atoms with van der Waals surface area (Å²) in [6.07, 6.45) is 1.64. The van der Waals surface area contributed by atoms with E-state index in [1.54, 1.807) is 49.8 Å². The quantitative estimate of drug-likeness (QED) is 0.205. The molecule has 0 bridgehead atoms. The molecule has 0 spiro atoms. The van der Waals surface area contributed by atoms with Crippen molar-refractivity contribution in [3.8, 4) is 17.2 Å². The maximum Gasteiger partial charge on any atom is 0.338 e. The average Bonchev–Trinajstić information content (AvgIpc) is 3.30. The minimum absolute atomic E-state index is 0.123. The van der Waals surface area contributed by atoms with E-state index in [4.69, 9.17) is 35.5 Å². The molecule has 8 nitrogen and oxygen atoms in total. The highest BCUT2D eigenvalue weighted by Crippen LogP contribution is 2.36. The number of allylic oxidation sites excluding steroid dienone is 1. The number of para-hydroxylation sites is 2. The zero-order valence-corrected chi connectivity index (χ0v) is 26.7. The molecule has 1 aromatic heterocycles. The molecule has 44 heavy (non-hydrogen) atoms. The molecule has 0 radical (unpaired) electrons. The van der Waals surface area contributed by atoms with E-state index in [1.807, 2.05) is 62.4 Å². The number of hydrogen-bond donors (Lipinski definition) is 0. The molecule has 1 aliphatic rings. The molecule has 228 valence electrons. The second-order valence-corrected chi connectivity index (χ2v) is 11.7. The van der Waals surface area contributed by atoms with Crippen molar-refractivity contribution in [3.63, 3.8) is 0 Å². The highest BCUT2D eigenvalue weighted by atomic mass is 35.5. The normalized spacial score (nSPS) is 14.7. The van der Waals surface area contributed by atoms with Gasteiger partial charge in [-0.2, -0.15) is 0 Å². The lowest BCUT2D eigenvalue weighted by Crippen LogP contribution is -2.40. The zero-order valence-electron chi connectivity index (χ0n) is 25.1. The number of carbonyl (C=O) groups is 1. The van der Waals surface area contributed by atoms with Crippen molar-refractivity contribution in [2.24, 2.45) is 4.99 Å². The lowest BCUT2D eigenvalue weighted by molar-refractivity contribution is -0.139. The van der Waals surface area contributed by atoms with Crippen LogP contribution in [0.2, 0.25) is 5.02 Å². The SMILES string of the molecule is CCOC(=O)C1=C(C)N=c2s/c(=C\c3cccc(OC)c3OCc3ccc(Cl)cc3)c(=O)n2[C@@H]1c1ccccc1OC(C)C. The Labute approximate surface area is 264 Å². The number of carbonyl (C=O) groups excluding carboxylic acids is 1. The lowest BCUT2D eigenvalue weighted by atomic mass is 9.95. The monoisotopic (exact) mass is 632 g/mol.